The van der Waals surface area contributed by atoms with Gasteiger partial charge in [0, 0.05) is 23.0 Å². The van der Waals surface area contributed by atoms with Gasteiger partial charge in [-0.05, 0) is 73.6 Å². The number of rotatable bonds is 4. The average Bonchev–Trinajstić information content (AvgIpc) is 3.45. The number of anilines is 2. The Morgan fingerprint density at radius 1 is 1.00 bits per heavy atom. The molecule has 2 aromatic carbocycles. The number of halogens is 1. The molecule has 6 nitrogen and oxygen atoms in total. The molecule has 28 heavy (non-hydrogen) atoms. The lowest BCUT2D eigenvalue weighted by Gasteiger charge is -2.26. The molecular formula is C21H25ClN4O2. The second-order valence-corrected chi connectivity index (χ2v) is 7.33. The van der Waals surface area contributed by atoms with Crippen molar-refractivity contribution in [2.24, 2.45) is 0 Å². The lowest BCUT2D eigenvalue weighted by atomic mass is 9.87. The highest BCUT2D eigenvalue weighted by molar-refractivity contribution is 5.97. The number of nitrogens with one attached hydrogen (secondary N) is 3. The van der Waals surface area contributed by atoms with Gasteiger partial charge in [-0.15, -0.1) is 12.4 Å². The molecule has 4 rings (SSSR count). The van der Waals surface area contributed by atoms with Crippen LogP contribution >= 0.6 is 12.4 Å². The van der Waals surface area contributed by atoms with Gasteiger partial charge in [-0.25, -0.2) is 4.79 Å². The van der Waals surface area contributed by atoms with Crippen molar-refractivity contribution in [2.75, 3.05) is 11.1 Å². The molecule has 0 bridgehead atoms. The highest BCUT2D eigenvalue weighted by Gasteiger charge is 2.24. The van der Waals surface area contributed by atoms with Gasteiger partial charge in [-0.2, -0.15) is 0 Å². The number of hydrogen-bond acceptors (Lipinski definition) is 3. The summed E-state index contributed by atoms with van der Waals surface area (Å²) >= 11 is 0. The van der Waals surface area contributed by atoms with Crippen LogP contribution in [0.25, 0.3) is 0 Å². The molecule has 2 aromatic rings. The summed E-state index contributed by atoms with van der Waals surface area (Å²) in [5, 5.41) is 8.79. The number of aryl methyl sites for hydroxylation is 1. The first-order valence-corrected chi connectivity index (χ1v) is 9.45. The third kappa shape index (κ3) is 4.75. The lowest BCUT2D eigenvalue weighted by molar-refractivity contribution is 0.0932. The number of carbonyl (C=O) groups excluding carboxylic acids is 2. The number of benzene rings is 2. The smallest absolute Gasteiger partial charge is 0.319 e. The van der Waals surface area contributed by atoms with Crippen molar-refractivity contribution < 1.29 is 9.59 Å². The first-order chi connectivity index (χ1) is 13.1. The Bertz CT molecular complexity index is 882. The summed E-state index contributed by atoms with van der Waals surface area (Å²) in [5.41, 5.74) is 10.1. The number of carbonyl (C=O) groups is 2. The number of amides is 3. The fourth-order valence-corrected chi connectivity index (χ4v) is 3.54. The van der Waals surface area contributed by atoms with Crippen molar-refractivity contribution in [2.45, 2.75) is 44.2 Å². The average molecular weight is 401 g/mol. The molecule has 7 heteroatoms. The molecule has 0 aliphatic heterocycles. The fourth-order valence-electron chi connectivity index (χ4n) is 3.54. The van der Waals surface area contributed by atoms with E-state index in [-0.39, 0.29) is 36.4 Å². The minimum Gasteiger partial charge on any atom is -0.399 e. The molecule has 1 atom stereocenters. The summed E-state index contributed by atoms with van der Waals surface area (Å²) in [7, 11) is 0. The van der Waals surface area contributed by atoms with E-state index in [4.69, 9.17) is 5.73 Å². The number of urea groups is 1. The maximum atomic E-state index is 12.8. The largest absolute Gasteiger partial charge is 0.399 e. The normalized spacial score (nSPS) is 17.6. The van der Waals surface area contributed by atoms with Crippen LogP contribution in [0.3, 0.4) is 0 Å². The van der Waals surface area contributed by atoms with Crippen LogP contribution in [0, 0.1) is 0 Å². The second kappa shape index (κ2) is 8.52. The van der Waals surface area contributed by atoms with Crippen LogP contribution in [-0.2, 0) is 6.42 Å². The number of nitrogen functional groups attached to an aromatic ring is 1. The van der Waals surface area contributed by atoms with Gasteiger partial charge in [0.05, 0.1) is 6.04 Å². The Kier molecular flexibility index (Phi) is 6.09. The van der Waals surface area contributed by atoms with Crippen LogP contribution in [0.1, 0.15) is 53.2 Å². The van der Waals surface area contributed by atoms with Gasteiger partial charge in [0.15, 0.2) is 0 Å². The van der Waals surface area contributed by atoms with Gasteiger partial charge < -0.3 is 21.7 Å². The molecule has 0 aromatic heterocycles. The van der Waals surface area contributed by atoms with E-state index in [2.05, 4.69) is 16.0 Å². The standard InChI is InChI=1S/C21H24N4O2.ClH/c22-15-7-10-18-13(11-15)3-2-6-19(18)25-20(26)14-4-1-5-17(12-14)24-21(27)23-16-8-9-16;/h1,4-5,7,10-12,16,19H,2-3,6,8-9,22H2,(H,25,26)(H2,23,24,27);1H. The van der Waals surface area contributed by atoms with Crippen molar-refractivity contribution in [3.8, 4) is 0 Å². The summed E-state index contributed by atoms with van der Waals surface area (Å²) in [6.07, 6.45) is 4.98. The first-order valence-electron chi connectivity index (χ1n) is 9.45. The Labute approximate surface area is 170 Å². The molecule has 1 saturated carbocycles. The first kappa shape index (κ1) is 20.0. The zero-order chi connectivity index (χ0) is 18.8. The van der Waals surface area contributed by atoms with Gasteiger partial charge >= 0.3 is 6.03 Å². The molecule has 2 aliphatic carbocycles. The molecule has 0 radical (unpaired) electrons. The van der Waals surface area contributed by atoms with Gasteiger partial charge in [-0.1, -0.05) is 12.1 Å². The fraction of sp³-hybridized carbons (Fsp3) is 0.333. The van der Waals surface area contributed by atoms with Crippen molar-refractivity contribution in [3.63, 3.8) is 0 Å². The van der Waals surface area contributed by atoms with Gasteiger partial charge in [0.1, 0.15) is 0 Å². The molecule has 3 amide bonds. The highest BCUT2D eigenvalue weighted by atomic mass is 35.5. The number of nitrogens with two attached hydrogens (primary N) is 1. The van der Waals surface area contributed by atoms with E-state index in [1.807, 2.05) is 18.2 Å². The summed E-state index contributed by atoms with van der Waals surface area (Å²) < 4.78 is 0. The predicted molar refractivity (Wildman–Crippen MR) is 113 cm³/mol. The van der Waals surface area contributed by atoms with E-state index < -0.39 is 0 Å². The predicted octanol–water partition coefficient (Wildman–Crippen LogP) is 3.78. The van der Waals surface area contributed by atoms with Crippen LogP contribution in [0.4, 0.5) is 16.2 Å². The van der Waals surface area contributed by atoms with E-state index in [0.717, 1.165) is 43.4 Å². The molecule has 5 N–H and O–H groups in total. The minimum atomic E-state index is -0.228. The summed E-state index contributed by atoms with van der Waals surface area (Å²) in [4.78, 5) is 24.6. The topological polar surface area (TPSA) is 96.2 Å². The number of fused-ring (bicyclic) bond motifs is 1. The Balaban J connectivity index is 0.00000225. The molecular weight excluding hydrogens is 376 g/mol. The molecule has 1 fully saturated rings. The maximum absolute atomic E-state index is 12.8. The van der Waals surface area contributed by atoms with Crippen LogP contribution in [0.2, 0.25) is 0 Å². The monoisotopic (exact) mass is 400 g/mol. The molecule has 0 saturated heterocycles. The van der Waals surface area contributed by atoms with Crippen LogP contribution in [-0.4, -0.2) is 18.0 Å². The molecule has 2 aliphatic rings. The van der Waals surface area contributed by atoms with Crippen LogP contribution in [0.5, 0.6) is 0 Å². The van der Waals surface area contributed by atoms with Gasteiger partial charge in [0.2, 0.25) is 0 Å². The van der Waals surface area contributed by atoms with E-state index in [1.165, 1.54) is 5.56 Å². The summed E-state index contributed by atoms with van der Waals surface area (Å²) in [6.45, 7) is 0. The lowest BCUT2D eigenvalue weighted by Crippen LogP contribution is -2.32. The third-order valence-electron chi connectivity index (χ3n) is 5.08. The molecule has 1 unspecified atom stereocenters. The second-order valence-electron chi connectivity index (χ2n) is 7.33. The molecule has 0 heterocycles. The van der Waals surface area contributed by atoms with E-state index in [0.29, 0.717) is 11.3 Å². The zero-order valence-corrected chi connectivity index (χ0v) is 16.4. The molecule has 0 spiro atoms. The Morgan fingerprint density at radius 3 is 2.61 bits per heavy atom. The minimum absolute atomic E-state index is 0. The van der Waals surface area contributed by atoms with Gasteiger partial charge in [-0.3, -0.25) is 4.79 Å². The SMILES string of the molecule is Cl.Nc1ccc2c(c1)CCCC2NC(=O)c1cccc(NC(=O)NC2CC2)c1. The third-order valence-corrected chi connectivity index (χ3v) is 5.08. The Hall–Kier alpha value is -2.73. The van der Waals surface area contributed by atoms with Crippen LogP contribution < -0.4 is 21.7 Å². The van der Waals surface area contributed by atoms with Crippen molar-refractivity contribution in [1.82, 2.24) is 10.6 Å². The van der Waals surface area contributed by atoms with Crippen molar-refractivity contribution >= 4 is 35.7 Å². The van der Waals surface area contributed by atoms with E-state index >= 15 is 0 Å². The maximum Gasteiger partial charge on any atom is 0.319 e. The highest BCUT2D eigenvalue weighted by Crippen LogP contribution is 2.31. The zero-order valence-electron chi connectivity index (χ0n) is 15.5. The molecule has 148 valence electrons. The number of hydrogen-bond donors (Lipinski definition) is 4. The van der Waals surface area contributed by atoms with Crippen molar-refractivity contribution in [3.05, 3.63) is 59.2 Å². The quantitative estimate of drug-likeness (QED) is 0.588. The van der Waals surface area contributed by atoms with Gasteiger partial charge in [0.25, 0.3) is 5.91 Å². The summed E-state index contributed by atoms with van der Waals surface area (Å²) in [5.74, 6) is -0.143. The Morgan fingerprint density at radius 2 is 1.82 bits per heavy atom. The van der Waals surface area contributed by atoms with E-state index in [1.54, 1.807) is 24.3 Å². The van der Waals surface area contributed by atoms with Crippen LogP contribution in [0.15, 0.2) is 42.5 Å². The summed E-state index contributed by atoms with van der Waals surface area (Å²) in [6, 6.07) is 12.9. The van der Waals surface area contributed by atoms with E-state index in [9.17, 15) is 9.59 Å². The van der Waals surface area contributed by atoms with Crippen molar-refractivity contribution in [1.29, 1.82) is 0 Å².